The normalized spacial score (nSPS) is 23.0. The summed E-state index contributed by atoms with van der Waals surface area (Å²) in [5, 5.41) is 9.50. The van der Waals surface area contributed by atoms with Crippen molar-refractivity contribution in [3.8, 4) is 0 Å². The van der Waals surface area contributed by atoms with Crippen LogP contribution in [-0.4, -0.2) is 46.5 Å². The van der Waals surface area contributed by atoms with Gasteiger partial charge in [0.25, 0.3) is 0 Å². The minimum absolute atomic E-state index is 0.238. The average Bonchev–Trinajstić information content (AvgIpc) is 2.49. The molecule has 0 radical (unpaired) electrons. The molecule has 0 saturated carbocycles. The molecule has 1 N–H and O–H groups in total. The number of thioether (sulfide) groups is 1. The molecule has 0 aromatic carbocycles. The number of piperidine rings is 1. The van der Waals surface area contributed by atoms with E-state index in [-0.39, 0.29) is 5.91 Å². The number of hydrogen-bond donors (Lipinski definition) is 1. The molecule has 0 atom stereocenters. The van der Waals surface area contributed by atoms with Gasteiger partial charge < -0.3 is 10.0 Å². The molecule has 21 heavy (non-hydrogen) atoms. The van der Waals surface area contributed by atoms with Crippen LogP contribution in [0.5, 0.6) is 0 Å². The van der Waals surface area contributed by atoms with Gasteiger partial charge in [0.2, 0.25) is 5.91 Å². The van der Waals surface area contributed by atoms with Crippen LogP contribution in [0.4, 0.5) is 0 Å². The van der Waals surface area contributed by atoms with E-state index in [1.165, 1.54) is 11.5 Å². The second kappa shape index (κ2) is 7.52. The summed E-state index contributed by atoms with van der Waals surface area (Å²) in [7, 11) is 0. The second-order valence-electron chi connectivity index (χ2n) is 6.48. The molecule has 5 heteroatoms. The Bertz CT molecular complexity index is 372. The fourth-order valence-corrected chi connectivity index (χ4v) is 4.76. The molecular formula is C16H27NO3S. The minimum Gasteiger partial charge on any atom is -0.481 e. The molecule has 0 aliphatic carbocycles. The fraction of sp³-hybridized carbons (Fsp3) is 0.875. The lowest BCUT2D eigenvalue weighted by Crippen LogP contribution is -2.46. The van der Waals surface area contributed by atoms with Crippen molar-refractivity contribution in [2.24, 2.45) is 11.3 Å². The van der Waals surface area contributed by atoms with Gasteiger partial charge in [0.1, 0.15) is 0 Å². The molecule has 120 valence electrons. The zero-order valence-corrected chi connectivity index (χ0v) is 13.8. The Morgan fingerprint density at radius 1 is 1.24 bits per heavy atom. The van der Waals surface area contributed by atoms with Gasteiger partial charge in [-0.1, -0.05) is 13.3 Å². The van der Waals surface area contributed by atoms with Crippen molar-refractivity contribution in [2.45, 2.75) is 51.9 Å². The third kappa shape index (κ3) is 4.15. The fourth-order valence-electron chi connectivity index (χ4n) is 3.56. The molecule has 2 heterocycles. The van der Waals surface area contributed by atoms with Crippen molar-refractivity contribution in [1.82, 2.24) is 4.90 Å². The number of carboxylic acid groups (broad SMARTS) is 1. The summed E-state index contributed by atoms with van der Waals surface area (Å²) in [4.78, 5) is 25.8. The van der Waals surface area contributed by atoms with E-state index in [2.05, 4.69) is 0 Å². The topological polar surface area (TPSA) is 57.6 Å². The van der Waals surface area contributed by atoms with Gasteiger partial charge >= 0.3 is 5.97 Å². The first-order chi connectivity index (χ1) is 10.1. The molecule has 0 aromatic heterocycles. The van der Waals surface area contributed by atoms with E-state index >= 15 is 0 Å². The predicted octanol–water partition coefficient (Wildman–Crippen LogP) is 3.01. The minimum atomic E-state index is -0.680. The van der Waals surface area contributed by atoms with Crippen LogP contribution in [0, 0.1) is 11.3 Å². The van der Waals surface area contributed by atoms with Gasteiger partial charge in [-0.2, -0.15) is 11.8 Å². The van der Waals surface area contributed by atoms with E-state index < -0.39 is 11.4 Å². The van der Waals surface area contributed by atoms with E-state index in [0.717, 1.165) is 25.7 Å². The molecule has 4 nitrogen and oxygen atoms in total. The molecular weight excluding hydrogens is 286 g/mol. The first-order valence-electron chi connectivity index (χ1n) is 8.16. The molecule has 0 spiro atoms. The van der Waals surface area contributed by atoms with Gasteiger partial charge in [-0.25, -0.2) is 0 Å². The van der Waals surface area contributed by atoms with E-state index in [4.69, 9.17) is 0 Å². The Balaban J connectivity index is 1.84. The number of likely N-dealkylation sites (tertiary alicyclic amines) is 1. The highest BCUT2D eigenvalue weighted by molar-refractivity contribution is 7.99. The van der Waals surface area contributed by atoms with Gasteiger partial charge in [-0.05, 0) is 49.5 Å². The standard InChI is InChI=1S/C16H27NO3S/c1-2-5-16(15(19)20)6-8-17(9-7-16)14(18)12-13-3-10-21-11-4-13/h13H,2-12H2,1H3,(H,19,20). The smallest absolute Gasteiger partial charge is 0.309 e. The molecule has 2 rings (SSSR count). The van der Waals surface area contributed by atoms with Gasteiger partial charge in [-0.15, -0.1) is 0 Å². The van der Waals surface area contributed by atoms with E-state index in [9.17, 15) is 14.7 Å². The first kappa shape index (κ1) is 16.7. The van der Waals surface area contributed by atoms with Crippen LogP contribution in [0.15, 0.2) is 0 Å². The maximum Gasteiger partial charge on any atom is 0.309 e. The van der Waals surface area contributed by atoms with E-state index in [0.29, 0.717) is 38.3 Å². The van der Waals surface area contributed by atoms with Crippen LogP contribution < -0.4 is 0 Å². The van der Waals surface area contributed by atoms with Crippen LogP contribution in [0.1, 0.15) is 51.9 Å². The predicted molar refractivity (Wildman–Crippen MR) is 85.5 cm³/mol. The van der Waals surface area contributed by atoms with Crippen LogP contribution in [0.3, 0.4) is 0 Å². The maximum absolute atomic E-state index is 12.4. The Morgan fingerprint density at radius 2 is 1.86 bits per heavy atom. The van der Waals surface area contributed by atoms with Crippen LogP contribution >= 0.6 is 11.8 Å². The highest BCUT2D eigenvalue weighted by Gasteiger charge is 2.41. The highest BCUT2D eigenvalue weighted by Crippen LogP contribution is 2.37. The zero-order valence-electron chi connectivity index (χ0n) is 13.0. The molecule has 2 aliphatic heterocycles. The van der Waals surface area contributed by atoms with Crippen molar-refractivity contribution in [2.75, 3.05) is 24.6 Å². The number of nitrogens with zero attached hydrogens (tertiary/aromatic N) is 1. The Morgan fingerprint density at radius 3 is 2.38 bits per heavy atom. The van der Waals surface area contributed by atoms with Gasteiger partial charge in [0.05, 0.1) is 5.41 Å². The van der Waals surface area contributed by atoms with Crippen molar-refractivity contribution < 1.29 is 14.7 Å². The first-order valence-corrected chi connectivity index (χ1v) is 9.32. The van der Waals surface area contributed by atoms with Gasteiger partial charge in [0.15, 0.2) is 0 Å². The number of amides is 1. The molecule has 2 aliphatic rings. The quantitative estimate of drug-likeness (QED) is 0.847. The average molecular weight is 313 g/mol. The molecule has 0 unspecified atom stereocenters. The Kier molecular flexibility index (Phi) is 5.97. The third-order valence-electron chi connectivity index (χ3n) is 5.06. The maximum atomic E-state index is 12.4. The molecule has 0 bridgehead atoms. The SMILES string of the molecule is CCCC1(C(=O)O)CCN(C(=O)CC2CCSCC2)CC1. The highest BCUT2D eigenvalue weighted by atomic mass is 32.2. The van der Waals surface area contributed by atoms with Gasteiger partial charge in [0, 0.05) is 19.5 Å². The van der Waals surface area contributed by atoms with E-state index in [1.54, 1.807) is 0 Å². The molecule has 2 saturated heterocycles. The number of aliphatic carboxylic acids is 1. The summed E-state index contributed by atoms with van der Waals surface area (Å²) in [6, 6.07) is 0. The molecule has 2 fully saturated rings. The molecule has 0 aromatic rings. The second-order valence-corrected chi connectivity index (χ2v) is 7.70. The third-order valence-corrected chi connectivity index (χ3v) is 6.11. The monoisotopic (exact) mass is 313 g/mol. The lowest BCUT2D eigenvalue weighted by molar-refractivity contribution is -0.155. The Hall–Kier alpha value is -0.710. The van der Waals surface area contributed by atoms with Crippen LogP contribution in [-0.2, 0) is 9.59 Å². The van der Waals surface area contributed by atoms with Crippen LogP contribution in [0.25, 0.3) is 0 Å². The number of carbonyl (C=O) groups is 2. The summed E-state index contributed by atoms with van der Waals surface area (Å²) in [5.74, 6) is 2.45. The van der Waals surface area contributed by atoms with Crippen molar-refractivity contribution in [3.05, 3.63) is 0 Å². The number of rotatable bonds is 5. The molecule has 1 amide bonds. The van der Waals surface area contributed by atoms with Crippen molar-refractivity contribution >= 4 is 23.6 Å². The summed E-state index contributed by atoms with van der Waals surface area (Å²) in [6.07, 6.45) is 5.81. The van der Waals surface area contributed by atoms with Crippen molar-refractivity contribution in [3.63, 3.8) is 0 Å². The van der Waals surface area contributed by atoms with Crippen LogP contribution in [0.2, 0.25) is 0 Å². The summed E-state index contributed by atoms with van der Waals surface area (Å²) in [6.45, 7) is 3.27. The summed E-state index contributed by atoms with van der Waals surface area (Å²) < 4.78 is 0. The number of carboxylic acids is 1. The zero-order chi connectivity index (χ0) is 15.3. The summed E-state index contributed by atoms with van der Waals surface area (Å²) in [5.41, 5.74) is -0.590. The Labute approximate surface area is 131 Å². The number of hydrogen-bond acceptors (Lipinski definition) is 3. The van der Waals surface area contributed by atoms with Gasteiger partial charge in [-0.3, -0.25) is 9.59 Å². The number of carbonyl (C=O) groups excluding carboxylic acids is 1. The lowest BCUT2D eigenvalue weighted by Gasteiger charge is -2.39. The lowest BCUT2D eigenvalue weighted by atomic mass is 9.75. The van der Waals surface area contributed by atoms with E-state index in [1.807, 2.05) is 23.6 Å². The summed E-state index contributed by atoms with van der Waals surface area (Å²) >= 11 is 1.98. The largest absolute Gasteiger partial charge is 0.481 e. The van der Waals surface area contributed by atoms with Crippen molar-refractivity contribution in [1.29, 1.82) is 0 Å².